The number of aliphatic hydroxyl groups is 1. The quantitative estimate of drug-likeness (QED) is 0.909. The van der Waals surface area contributed by atoms with E-state index in [0.717, 1.165) is 18.7 Å². The van der Waals surface area contributed by atoms with E-state index in [4.69, 9.17) is 4.52 Å². The van der Waals surface area contributed by atoms with Crippen molar-refractivity contribution >= 4 is 0 Å². The van der Waals surface area contributed by atoms with E-state index in [1.54, 1.807) is 0 Å². The monoisotopic (exact) mass is 272 g/mol. The summed E-state index contributed by atoms with van der Waals surface area (Å²) < 4.78 is 5.32. The highest BCUT2D eigenvalue weighted by molar-refractivity contribution is 5.35. The first kappa shape index (κ1) is 13.3. The summed E-state index contributed by atoms with van der Waals surface area (Å²) in [5.74, 6) is 1.31. The van der Waals surface area contributed by atoms with Gasteiger partial charge in [0, 0.05) is 0 Å². The van der Waals surface area contributed by atoms with Gasteiger partial charge in [-0.25, -0.2) is 0 Å². The van der Waals surface area contributed by atoms with Gasteiger partial charge in [0.1, 0.15) is 0 Å². The second kappa shape index (κ2) is 5.37. The van der Waals surface area contributed by atoms with E-state index in [1.807, 2.05) is 13.0 Å². The molecule has 1 fully saturated rings. The van der Waals surface area contributed by atoms with Crippen molar-refractivity contribution in [2.75, 3.05) is 0 Å². The summed E-state index contributed by atoms with van der Waals surface area (Å²) in [5.41, 5.74) is 1.18. The fourth-order valence-corrected chi connectivity index (χ4v) is 2.81. The molecule has 1 unspecified atom stereocenters. The van der Waals surface area contributed by atoms with Crippen LogP contribution in [-0.2, 0) is 11.8 Å². The lowest BCUT2D eigenvalue weighted by Crippen LogP contribution is -2.36. The zero-order valence-corrected chi connectivity index (χ0v) is 11.7. The number of aromatic nitrogens is 2. The van der Waals surface area contributed by atoms with E-state index in [1.165, 1.54) is 12.0 Å². The maximum absolute atomic E-state index is 9.68. The molecule has 1 aromatic heterocycles. The van der Waals surface area contributed by atoms with Crippen molar-refractivity contribution in [2.24, 2.45) is 0 Å². The summed E-state index contributed by atoms with van der Waals surface area (Å²) >= 11 is 0. The fraction of sp³-hybridized carbons (Fsp3) is 0.500. The molecule has 3 rings (SSSR count). The first-order valence-corrected chi connectivity index (χ1v) is 7.31. The van der Waals surface area contributed by atoms with Crippen molar-refractivity contribution in [2.45, 2.75) is 50.5 Å². The minimum Gasteiger partial charge on any atom is -0.393 e. The minimum atomic E-state index is -0.405. The van der Waals surface area contributed by atoms with Gasteiger partial charge in [0.25, 0.3) is 0 Å². The Morgan fingerprint density at radius 1 is 1.30 bits per heavy atom. The highest BCUT2D eigenvalue weighted by atomic mass is 16.5. The molecule has 1 atom stereocenters. The molecule has 0 amide bonds. The molecule has 0 radical (unpaired) electrons. The van der Waals surface area contributed by atoms with Gasteiger partial charge in [0.15, 0.2) is 5.82 Å². The standard InChI is InChI=1S/C16H20N2O2/c1-2-13(19)11-14-17-15(18-20-14)16(9-6-10-16)12-7-4-3-5-8-12/h3-5,7-8,13,19H,2,6,9-11H2,1H3. The maximum atomic E-state index is 9.68. The van der Waals surface area contributed by atoms with Crippen LogP contribution in [0.15, 0.2) is 34.9 Å². The average Bonchev–Trinajstić information content (AvgIpc) is 2.87. The normalized spacial score (nSPS) is 18.5. The molecule has 1 aliphatic rings. The minimum absolute atomic E-state index is 0.0832. The van der Waals surface area contributed by atoms with Crippen LogP contribution in [0.4, 0.5) is 0 Å². The predicted octanol–water partition coefficient (Wildman–Crippen LogP) is 2.85. The second-order valence-corrected chi connectivity index (χ2v) is 5.58. The highest BCUT2D eigenvalue weighted by Gasteiger charge is 2.44. The fourth-order valence-electron chi connectivity index (χ4n) is 2.81. The van der Waals surface area contributed by atoms with Gasteiger partial charge >= 0.3 is 0 Å². The third kappa shape index (κ3) is 2.24. The van der Waals surface area contributed by atoms with E-state index in [2.05, 4.69) is 34.4 Å². The van der Waals surface area contributed by atoms with Gasteiger partial charge in [-0.1, -0.05) is 48.8 Å². The van der Waals surface area contributed by atoms with E-state index in [9.17, 15) is 5.11 Å². The van der Waals surface area contributed by atoms with Gasteiger partial charge in [-0.15, -0.1) is 0 Å². The molecule has 2 aromatic rings. The molecule has 0 saturated heterocycles. The van der Waals surface area contributed by atoms with E-state index >= 15 is 0 Å². The van der Waals surface area contributed by atoms with Crippen molar-refractivity contribution in [1.82, 2.24) is 10.1 Å². The third-order valence-electron chi connectivity index (χ3n) is 4.31. The molecule has 1 heterocycles. The SMILES string of the molecule is CCC(O)Cc1nc(C2(c3ccccc3)CCC2)no1. The van der Waals surface area contributed by atoms with E-state index < -0.39 is 6.10 Å². The summed E-state index contributed by atoms with van der Waals surface area (Å²) in [5, 5.41) is 13.9. The zero-order chi connectivity index (χ0) is 14.0. The molecular weight excluding hydrogens is 252 g/mol. The van der Waals surface area contributed by atoms with Crippen molar-refractivity contribution < 1.29 is 9.63 Å². The van der Waals surface area contributed by atoms with Crippen LogP contribution in [0.5, 0.6) is 0 Å². The largest absolute Gasteiger partial charge is 0.393 e. The molecule has 1 aliphatic carbocycles. The second-order valence-electron chi connectivity index (χ2n) is 5.58. The zero-order valence-electron chi connectivity index (χ0n) is 11.7. The molecule has 0 bridgehead atoms. The maximum Gasteiger partial charge on any atom is 0.229 e. The van der Waals surface area contributed by atoms with Crippen molar-refractivity contribution in [3.63, 3.8) is 0 Å². The van der Waals surface area contributed by atoms with Crippen molar-refractivity contribution in [3.8, 4) is 0 Å². The number of hydrogen-bond donors (Lipinski definition) is 1. The Labute approximate surface area is 118 Å². The molecule has 0 aliphatic heterocycles. The summed E-state index contributed by atoms with van der Waals surface area (Å²) in [6, 6.07) is 10.4. The van der Waals surface area contributed by atoms with Crippen LogP contribution in [0.25, 0.3) is 0 Å². The van der Waals surface area contributed by atoms with Crippen LogP contribution in [0.1, 0.15) is 49.9 Å². The first-order chi connectivity index (χ1) is 9.74. The topological polar surface area (TPSA) is 59.2 Å². The molecule has 4 heteroatoms. The van der Waals surface area contributed by atoms with Crippen LogP contribution in [-0.4, -0.2) is 21.4 Å². The number of nitrogens with zero attached hydrogens (tertiary/aromatic N) is 2. The summed E-state index contributed by atoms with van der Waals surface area (Å²) in [4.78, 5) is 4.53. The van der Waals surface area contributed by atoms with Crippen LogP contribution < -0.4 is 0 Å². The molecule has 20 heavy (non-hydrogen) atoms. The summed E-state index contributed by atoms with van der Waals surface area (Å²) in [7, 11) is 0. The van der Waals surface area contributed by atoms with Crippen LogP contribution in [0.2, 0.25) is 0 Å². The summed E-state index contributed by atoms with van der Waals surface area (Å²) in [6.07, 6.45) is 4.04. The predicted molar refractivity (Wildman–Crippen MR) is 75.4 cm³/mol. The number of aliphatic hydroxyl groups excluding tert-OH is 1. The van der Waals surface area contributed by atoms with E-state index in [0.29, 0.717) is 18.7 Å². The van der Waals surface area contributed by atoms with Gasteiger partial charge < -0.3 is 9.63 Å². The number of benzene rings is 1. The number of hydrogen-bond acceptors (Lipinski definition) is 4. The van der Waals surface area contributed by atoms with Gasteiger partial charge in [0.2, 0.25) is 5.89 Å². The van der Waals surface area contributed by atoms with Crippen LogP contribution >= 0.6 is 0 Å². The van der Waals surface area contributed by atoms with Gasteiger partial charge in [0.05, 0.1) is 17.9 Å². The van der Waals surface area contributed by atoms with E-state index in [-0.39, 0.29) is 5.41 Å². The van der Waals surface area contributed by atoms with Crippen molar-refractivity contribution in [1.29, 1.82) is 0 Å². The Balaban J connectivity index is 1.87. The van der Waals surface area contributed by atoms with Crippen LogP contribution in [0, 0.1) is 0 Å². The summed E-state index contributed by atoms with van der Waals surface area (Å²) in [6.45, 7) is 1.94. The Morgan fingerprint density at radius 3 is 2.65 bits per heavy atom. The lowest BCUT2D eigenvalue weighted by atomic mass is 9.64. The van der Waals surface area contributed by atoms with Gasteiger partial charge in [-0.2, -0.15) is 4.98 Å². The van der Waals surface area contributed by atoms with Crippen molar-refractivity contribution in [3.05, 3.63) is 47.6 Å². The molecule has 4 nitrogen and oxygen atoms in total. The highest BCUT2D eigenvalue weighted by Crippen LogP contribution is 2.47. The molecular formula is C16H20N2O2. The molecule has 0 spiro atoms. The first-order valence-electron chi connectivity index (χ1n) is 7.31. The lowest BCUT2D eigenvalue weighted by Gasteiger charge is -2.39. The average molecular weight is 272 g/mol. The van der Waals surface area contributed by atoms with Gasteiger partial charge in [-0.3, -0.25) is 0 Å². The Hall–Kier alpha value is -1.68. The Morgan fingerprint density at radius 2 is 2.05 bits per heavy atom. The lowest BCUT2D eigenvalue weighted by molar-refractivity contribution is 0.158. The molecule has 106 valence electrons. The third-order valence-corrected chi connectivity index (χ3v) is 4.31. The smallest absolute Gasteiger partial charge is 0.229 e. The Kier molecular flexibility index (Phi) is 3.57. The number of rotatable bonds is 5. The molecule has 1 aromatic carbocycles. The molecule has 1 N–H and O–H groups in total. The molecule has 1 saturated carbocycles. The Bertz CT molecular complexity index is 561. The van der Waals surface area contributed by atoms with Gasteiger partial charge in [-0.05, 0) is 24.8 Å². The van der Waals surface area contributed by atoms with Crippen LogP contribution in [0.3, 0.4) is 0 Å².